The van der Waals surface area contributed by atoms with Crippen LogP contribution in [-0.2, 0) is 20.7 Å². The van der Waals surface area contributed by atoms with Gasteiger partial charge in [0.2, 0.25) is 0 Å². The first-order valence-corrected chi connectivity index (χ1v) is 11.0. The van der Waals surface area contributed by atoms with Crippen molar-refractivity contribution in [2.75, 3.05) is 6.61 Å². The SMILES string of the molecule is Cc1[nH]c(=O)c(C#N)c(C)c1CCC(=O)OCC(=O)NC(c1ccc(F)cc1)c1cccs1. The van der Waals surface area contributed by atoms with E-state index in [2.05, 4.69) is 10.3 Å². The largest absolute Gasteiger partial charge is 0.456 e. The van der Waals surface area contributed by atoms with Crippen molar-refractivity contribution in [3.63, 3.8) is 0 Å². The molecule has 33 heavy (non-hydrogen) atoms. The number of thiophene rings is 1. The summed E-state index contributed by atoms with van der Waals surface area (Å²) in [5.74, 6) is -1.45. The van der Waals surface area contributed by atoms with E-state index >= 15 is 0 Å². The van der Waals surface area contributed by atoms with Crippen LogP contribution in [0.1, 0.15) is 45.3 Å². The fourth-order valence-electron chi connectivity index (χ4n) is 3.50. The number of carbonyl (C=O) groups is 2. The van der Waals surface area contributed by atoms with Gasteiger partial charge in [-0.1, -0.05) is 18.2 Å². The minimum absolute atomic E-state index is 0.0157. The third-order valence-electron chi connectivity index (χ3n) is 5.20. The van der Waals surface area contributed by atoms with Crippen molar-refractivity contribution in [3.05, 3.63) is 90.8 Å². The second-order valence-electron chi connectivity index (χ2n) is 7.40. The standard InChI is InChI=1S/C24H22FN3O4S/c1-14-18(15(2)27-24(31)19(14)12-26)9-10-22(30)32-13-21(29)28-23(20-4-3-11-33-20)16-5-7-17(25)8-6-16/h3-8,11,23H,9-10,13H2,1-2H3,(H,27,31)(H,28,29). The van der Waals surface area contributed by atoms with E-state index in [1.807, 2.05) is 23.6 Å². The van der Waals surface area contributed by atoms with E-state index in [-0.39, 0.29) is 24.2 Å². The fraction of sp³-hybridized carbons (Fsp3) is 0.250. The van der Waals surface area contributed by atoms with Crippen molar-refractivity contribution < 1.29 is 18.7 Å². The first kappa shape index (κ1) is 23.9. The van der Waals surface area contributed by atoms with Gasteiger partial charge in [0.1, 0.15) is 17.4 Å². The lowest BCUT2D eigenvalue weighted by Gasteiger charge is -2.18. The molecule has 0 aliphatic carbocycles. The van der Waals surface area contributed by atoms with E-state index in [1.54, 1.807) is 26.0 Å². The molecule has 1 amide bonds. The van der Waals surface area contributed by atoms with E-state index in [1.165, 1.54) is 23.5 Å². The van der Waals surface area contributed by atoms with Crippen molar-refractivity contribution in [2.45, 2.75) is 32.7 Å². The highest BCUT2D eigenvalue weighted by Gasteiger charge is 2.19. The summed E-state index contributed by atoms with van der Waals surface area (Å²) in [6.07, 6.45) is 0.245. The van der Waals surface area contributed by atoms with Gasteiger partial charge in [0.25, 0.3) is 11.5 Å². The maximum absolute atomic E-state index is 13.3. The van der Waals surface area contributed by atoms with Crippen LogP contribution in [0.5, 0.6) is 0 Å². The van der Waals surface area contributed by atoms with E-state index in [0.717, 1.165) is 4.88 Å². The Morgan fingerprint density at radius 3 is 2.61 bits per heavy atom. The molecule has 3 aromatic rings. The van der Waals surface area contributed by atoms with E-state index in [9.17, 15) is 18.8 Å². The predicted molar refractivity (Wildman–Crippen MR) is 121 cm³/mol. The number of ether oxygens (including phenoxy) is 1. The van der Waals surface area contributed by atoms with Gasteiger partial charge in [0, 0.05) is 17.0 Å². The molecule has 0 aliphatic rings. The van der Waals surface area contributed by atoms with Crippen molar-refractivity contribution in [1.82, 2.24) is 10.3 Å². The van der Waals surface area contributed by atoms with Gasteiger partial charge in [-0.15, -0.1) is 11.3 Å². The number of carbonyl (C=O) groups excluding carboxylic acids is 2. The highest BCUT2D eigenvalue weighted by molar-refractivity contribution is 7.10. The van der Waals surface area contributed by atoms with Gasteiger partial charge in [0.05, 0.1) is 6.04 Å². The van der Waals surface area contributed by atoms with Gasteiger partial charge in [-0.05, 0) is 60.5 Å². The maximum Gasteiger partial charge on any atom is 0.306 e. The minimum atomic E-state index is -0.580. The third-order valence-corrected chi connectivity index (χ3v) is 6.14. The smallest absolute Gasteiger partial charge is 0.306 e. The summed E-state index contributed by atoms with van der Waals surface area (Å²) in [4.78, 5) is 40.0. The third kappa shape index (κ3) is 5.93. The molecule has 0 saturated carbocycles. The van der Waals surface area contributed by atoms with Crippen LogP contribution in [-0.4, -0.2) is 23.5 Å². The van der Waals surface area contributed by atoms with Gasteiger partial charge in [0.15, 0.2) is 6.61 Å². The zero-order chi connectivity index (χ0) is 24.0. The lowest BCUT2D eigenvalue weighted by molar-refractivity contribution is -0.148. The van der Waals surface area contributed by atoms with Crippen molar-refractivity contribution in [1.29, 1.82) is 5.26 Å². The molecule has 0 saturated heterocycles. The second kappa shape index (κ2) is 10.7. The molecular weight excluding hydrogens is 445 g/mol. The molecule has 0 bridgehead atoms. The van der Waals surface area contributed by atoms with Gasteiger partial charge in [-0.25, -0.2) is 4.39 Å². The molecule has 0 spiro atoms. The molecule has 9 heteroatoms. The molecule has 0 radical (unpaired) electrons. The summed E-state index contributed by atoms with van der Waals surface area (Å²) in [5.41, 5.74) is 2.07. The lowest BCUT2D eigenvalue weighted by Crippen LogP contribution is -2.32. The molecule has 0 fully saturated rings. The number of nitriles is 1. The van der Waals surface area contributed by atoms with Gasteiger partial charge in [-0.3, -0.25) is 14.4 Å². The van der Waals surface area contributed by atoms with E-state index < -0.39 is 30.1 Å². The number of esters is 1. The van der Waals surface area contributed by atoms with Crippen molar-refractivity contribution >= 4 is 23.2 Å². The number of hydrogen-bond donors (Lipinski definition) is 2. The summed E-state index contributed by atoms with van der Waals surface area (Å²) in [5, 5.41) is 13.8. The Kier molecular flexibility index (Phi) is 7.74. The number of rotatable bonds is 8. The number of amides is 1. The zero-order valence-electron chi connectivity index (χ0n) is 18.1. The van der Waals surface area contributed by atoms with Crippen LogP contribution in [0.3, 0.4) is 0 Å². The lowest BCUT2D eigenvalue weighted by atomic mass is 9.99. The maximum atomic E-state index is 13.3. The van der Waals surface area contributed by atoms with Gasteiger partial charge >= 0.3 is 5.97 Å². The average Bonchev–Trinajstić information content (AvgIpc) is 3.31. The first-order valence-electron chi connectivity index (χ1n) is 10.2. The Hall–Kier alpha value is -3.77. The number of benzene rings is 1. The van der Waals surface area contributed by atoms with Crippen LogP contribution in [0.4, 0.5) is 4.39 Å². The zero-order valence-corrected chi connectivity index (χ0v) is 18.9. The Morgan fingerprint density at radius 2 is 1.97 bits per heavy atom. The first-order chi connectivity index (χ1) is 15.8. The minimum Gasteiger partial charge on any atom is -0.456 e. The van der Waals surface area contributed by atoms with E-state index in [4.69, 9.17) is 10.00 Å². The van der Waals surface area contributed by atoms with Crippen molar-refractivity contribution in [2.24, 2.45) is 0 Å². The summed E-state index contributed by atoms with van der Waals surface area (Å²) in [7, 11) is 0. The topological polar surface area (TPSA) is 112 Å². The number of hydrogen-bond acceptors (Lipinski definition) is 6. The molecule has 1 unspecified atom stereocenters. The summed E-state index contributed by atoms with van der Waals surface area (Å²) in [6.45, 7) is 2.90. The number of H-pyrrole nitrogens is 1. The van der Waals surface area contributed by atoms with Crippen LogP contribution in [0.15, 0.2) is 46.6 Å². The molecule has 2 heterocycles. The number of aryl methyl sites for hydroxylation is 1. The van der Waals surface area contributed by atoms with Crippen LogP contribution in [0.2, 0.25) is 0 Å². The summed E-state index contributed by atoms with van der Waals surface area (Å²) >= 11 is 1.44. The van der Waals surface area contributed by atoms with Crippen LogP contribution in [0, 0.1) is 31.0 Å². The number of nitrogens with one attached hydrogen (secondary N) is 2. The number of halogens is 1. The molecule has 0 aliphatic heterocycles. The molecular formula is C24H22FN3O4S. The van der Waals surface area contributed by atoms with Crippen LogP contribution >= 0.6 is 11.3 Å². The van der Waals surface area contributed by atoms with Crippen molar-refractivity contribution in [3.8, 4) is 6.07 Å². The molecule has 170 valence electrons. The number of pyridine rings is 1. The summed E-state index contributed by atoms with van der Waals surface area (Å²) < 4.78 is 18.4. The number of aromatic amines is 1. The molecule has 1 aromatic carbocycles. The summed E-state index contributed by atoms with van der Waals surface area (Å²) in [6, 6.07) is 10.9. The quantitative estimate of drug-likeness (QED) is 0.493. The molecule has 7 nitrogen and oxygen atoms in total. The Labute approximate surface area is 193 Å². The van der Waals surface area contributed by atoms with Crippen LogP contribution in [0.25, 0.3) is 0 Å². The van der Waals surface area contributed by atoms with Crippen LogP contribution < -0.4 is 10.9 Å². The highest BCUT2D eigenvalue weighted by Crippen LogP contribution is 2.26. The molecule has 2 aromatic heterocycles. The predicted octanol–water partition coefficient (Wildman–Crippen LogP) is 3.45. The highest BCUT2D eigenvalue weighted by atomic mass is 32.1. The molecule has 2 N–H and O–H groups in total. The Balaban J connectivity index is 1.59. The van der Waals surface area contributed by atoms with E-state index in [0.29, 0.717) is 22.4 Å². The van der Waals surface area contributed by atoms with Gasteiger partial charge < -0.3 is 15.0 Å². The molecule has 3 rings (SSSR count). The average molecular weight is 468 g/mol. The molecule has 1 atom stereocenters. The number of aromatic nitrogens is 1. The monoisotopic (exact) mass is 467 g/mol. The fourth-order valence-corrected chi connectivity index (χ4v) is 4.30. The van der Waals surface area contributed by atoms with Gasteiger partial charge in [-0.2, -0.15) is 5.26 Å². The second-order valence-corrected chi connectivity index (χ2v) is 8.38. The number of nitrogens with zero attached hydrogens (tertiary/aromatic N) is 1. The normalized spacial score (nSPS) is 11.5. The Bertz CT molecular complexity index is 1240. The Morgan fingerprint density at radius 1 is 1.24 bits per heavy atom.